The molecule has 2 aromatic rings. The molecule has 2 fully saturated rings. The number of aromatic nitrogens is 1. The van der Waals surface area contributed by atoms with Gasteiger partial charge in [0.15, 0.2) is 0 Å². The highest BCUT2D eigenvalue weighted by atomic mass is 19.4. The van der Waals surface area contributed by atoms with Crippen LogP contribution in [0.3, 0.4) is 0 Å². The number of likely N-dealkylation sites (tertiary alicyclic amines) is 1. The van der Waals surface area contributed by atoms with Gasteiger partial charge >= 0.3 is 6.18 Å². The number of anilines is 1. The van der Waals surface area contributed by atoms with Gasteiger partial charge in [-0.3, -0.25) is 9.79 Å². The number of pyridine rings is 1. The van der Waals surface area contributed by atoms with Gasteiger partial charge in [0.25, 0.3) is 5.91 Å². The van der Waals surface area contributed by atoms with E-state index >= 15 is 0 Å². The number of carbonyl (C=O) groups is 1. The molecule has 2 saturated heterocycles. The lowest BCUT2D eigenvalue weighted by molar-refractivity contribution is -0.137. The fourth-order valence-corrected chi connectivity index (χ4v) is 5.09. The van der Waals surface area contributed by atoms with Crippen molar-refractivity contribution in [1.29, 1.82) is 0 Å². The van der Waals surface area contributed by atoms with Crippen LogP contribution >= 0.6 is 0 Å². The average Bonchev–Trinajstić information content (AvgIpc) is 3.44. The summed E-state index contributed by atoms with van der Waals surface area (Å²) >= 11 is 0. The van der Waals surface area contributed by atoms with Gasteiger partial charge in [-0.1, -0.05) is 18.2 Å². The highest BCUT2D eigenvalue weighted by Crippen LogP contribution is 2.36. The largest absolute Gasteiger partial charge is 0.417 e. The van der Waals surface area contributed by atoms with Crippen LogP contribution in [0.4, 0.5) is 23.4 Å². The Morgan fingerprint density at radius 1 is 1.03 bits per heavy atom. The fourth-order valence-electron chi connectivity index (χ4n) is 5.09. The summed E-state index contributed by atoms with van der Waals surface area (Å²) in [4.78, 5) is 25.9. The smallest absolute Gasteiger partial charge is 0.397 e. The van der Waals surface area contributed by atoms with Crippen molar-refractivity contribution >= 4 is 23.1 Å². The first kappa shape index (κ1) is 24.0. The van der Waals surface area contributed by atoms with E-state index < -0.39 is 17.6 Å². The first-order valence-corrected chi connectivity index (χ1v) is 11.8. The molecule has 3 aliphatic heterocycles. The predicted octanol–water partition coefficient (Wildman–Crippen LogP) is 3.91. The number of halogens is 4. The first-order chi connectivity index (χ1) is 17.2. The molecule has 1 aromatic heterocycles. The Morgan fingerprint density at radius 3 is 2.33 bits per heavy atom. The van der Waals surface area contributed by atoms with Gasteiger partial charge in [0.1, 0.15) is 11.6 Å². The number of allylic oxidation sites excluding steroid dienone is 1. The number of fused-ring (bicyclic) bond motifs is 1. The maximum atomic E-state index is 14.5. The number of hydrogen-bond acceptors (Lipinski definition) is 5. The molecule has 10 heteroatoms. The van der Waals surface area contributed by atoms with Gasteiger partial charge in [0.2, 0.25) is 0 Å². The SMILES string of the molecule is N/C(=C(/C(=O)N1CC2CN(c3ccc(C(F)(F)F)cn3)CC2C1)C1=NCCC=C1)c1ccccc1F. The predicted molar refractivity (Wildman–Crippen MR) is 129 cm³/mol. The zero-order valence-electron chi connectivity index (χ0n) is 19.4. The van der Waals surface area contributed by atoms with Crippen LogP contribution in [0.25, 0.3) is 5.70 Å². The van der Waals surface area contributed by atoms with Crippen molar-refractivity contribution in [2.75, 3.05) is 37.6 Å². The first-order valence-electron chi connectivity index (χ1n) is 11.8. The number of aliphatic imine (C=N–C) groups is 1. The highest BCUT2D eigenvalue weighted by molar-refractivity contribution is 6.30. The van der Waals surface area contributed by atoms with Crippen LogP contribution in [0, 0.1) is 17.7 Å². The topological polar surface area (TPSA) is 74.8 Å². The van der Waals surface area contributed by atoms with Crippen molar-refractivity contribution < 1.29 is 22.4 Å². The van der Waals surface area contributed by atoms with E-state index in [-0.39, 0.29) is 34.6 Å². The highest BCUT2D eigenvalue weighted by Gasteiger charge is 2.43. The molecule has 1 amide bonds. The van der Waals surface area contributed by atoms with E-state index in [9.17, 15) is 22.4 Å². The number of benzene rings is 1. The second kappa shape index (κ2) is 9.40. The Labute approximate surface area is 205 Å². The summed E-state index contributed by atoms with van der Waals surface area (Å²) in [5.41, 5.74) is 6.44. The molecule has 4 heterocycles. The molecule has 0 spiro atoms. The zero-order valence-corrected chi connectivity index (χ0v) is 19.4. The minimum Gasteiger partial charge on any atom is -0.397 e. The molecule has 36 heavy (non-hydrogen) atoms. The lowest BCUT2D eigenvalue weighted by atomic mass is 9.99. The zero-order chi connectivity index (χ0) is 25.4. The van der Waals surface area contributed by atoms with Gasteiger partial charge in [-0.2, -0.15) is 13.2 Å². The summed E-state index contributed by atoms with van der Waals surface area (Å²) in [5, 5.41) is 0. The molecule has 1 aromatic carbocycles. The van der Waals surface area contributed by atoms with Gasteiger partial charge in [0.05, 0.1) is 22.5 Å². The van der Waals surface area contributed by atoms with Gasteiger partial charge < -0.3 is 15.5 Å². The Kier molecular flexibility index (Phi) is 6.27. The van der Waals surface area contributed by atoms with Crippen molar-refractivity contribution in [3.8, 4) is 0 Å². The van der Waals surface area contributed by atoms with Crippen LogP contribution in [0.15, 0.2) is 65.3 Å². The van der Waals surface area contributed by atoms with Crippen molar-refractivity contribution in [2.24, 2.45) is 22.6 Å². The maximum Gasteiger partial charge on any atom is 0.417 e. The molecule has 0 saturated carbocycles. The molecular formula is C26H25F4N5O. The molecule has 2 atom stereocenters. The quantitative estimate of drug-likeness (QED) is 0.512. The third-order valence-electron chi connectivity index (χ3n) is 6.93. The van der Waals surface area contributed by atoms with E-state index in [0.717, 1.165) is 18.7 Å². The monoisotopic (exact) mass is 499 g/mol. The second-order valence-corrected chi connectivity index (χ2v) is 9.26. The molecule has 2 unspecified atom stereocenters. The van der Waals surface area contributed by atoms with E-state index in [1.165, 1.54) is 12.1 Å². The van der Waals surface area contributed by atoms with Crippen molar-refractivity contribution in [1.82, 2.24) is 9.88 Å². The minimum atomic E-state index is -4.43. The molecule has 0 aliphatic carbocycles. The number of amides is 1. The van der Waals surface area contributed by atoms with E-state index in [1.54, 1.807) is 29.2 Å². The molecule has 188 valence electrons. The minimum absolute atomic E-state index is 0.0519. The summed E-state index contributed by atoms with van der Waals surface area (Å²) in [5.74, 6) is -0.0506. The van der Waals surface area contributed by atoms with E-state index in [0.29, 0.717) is 44.3 Å². The summed E-state index contributed by atoms with van der Waals surface area (Å²) < 4.78 is 53.1. The maximum absolute atomic E-state index is 14.5. The standard InChI is InChI=1S/C26H25F4N5O/c27-20-6-2-1-5-19(20)24(31)23(21-7-3-4-10-32-21)25(36)35-14-16-12-34(13-17(16)15-35)22-9-8-18(11-33-22)26(28,29)30/h1-3,5-9,11,16-17H,4,10,12-15,31H2/b24-23+. The molecule has 5 rings (SSSR count). The van der Waals surface area contributed by atoms with Gasteiger partial charge in [-0.05, 0) is 36.8 Å². The number of carbonyl (C=O) groups excluding carboxylic acids is 1. The van der Waals surface area contributed by atoms with Crippen LogP contribution in [0.1, 0.15) is 17.5 Å². The Balaban J connectivity index is 1.34. The number of nitrogens with zero attached hydrogens (tertiary/aromatic N) is 4. The van der Waals surface area contributed by atoms with Crippen LogP contribution < -0.4 is 10.6 Å². The number of dihydropyridines is 1. The lowest BCUT2D eigenvalue weighted by Gasteiger charge is -2.24. The van der Waals surface area contributed by atoms with Crippen LogP contribution in [0.2, 0.25) is 0 Å². The van der Waals surface area contributed by atoms with Crippen molar-refractivity contribution in [3.05, 3.63) is 77.3 Å². The average molecular weight is 500 g/mol. The third-order valence-corrected chi connectivity index (χ3v) is 6.93. The Morgan fingerprint density at radius 2 is 1.75 bits per heavy atom. The Bertz CT molecular complexity index is 1240. The number of hydrogen-bond donors (Lipinski definition) is 1. The van der Waals surface area contributed by atoms with Crippen molar-refractivity contribution in [3.63, 3.8) is 0 Å². The normalized spacial score (nSPS) is 22.4. The summed E-state index contributed by atoms with van der Waals surface area (Å²) in [7, 11) is 0. The van der Waals surface area contributed by atoms with E-state index in [4.69, 9.17) is 5.73 Å². The van der Waals surface area contributed by atoms with Gasteiger partial charge in [-0.15, -0.1) is 0 Å². The van der Waals surface area contributed by atoms with Gasteiger partial charge in [-0.25, -0.2) is 9.37 Å². The molecule has 2 N–H and O–H groups in total. The van der Waals surface area contributed by atoms with Crippen LogP contribution in [-0.2, 0) is 11.0 Å². The molecular weight excluding hydrogens is 474 g/mol. The fraction of sp³-hybridized carbons (Fsp3) is 0.346. The summed E-state index contributed by atoms with van der Waals surface area (Å²) in [6.07, 6.45) is 0.838. The summed E-state index contributed by atoms with van der Waals surface area (Å²) in [6.45, 7) is 2.61. The molecule has 6 nitrogen and oxygen atoms in total. The number of alkyl halides is 3. The van der Waals surface area contributed by atoms with Crippen LogP contribution in [-0.4, -0.2) is 54.2 Å². The van der Waals surface area contributed by atoms with E-state index in [1.807, 2.05) is 11.0 Å². The second-order valence-electron chi connectivity index (χ2n) is 9.26. The Hall–Kier alpha value is -3.69. The van der Waals surface area contributed by atoms with Gasteiger partial charge in [0, 0.05) is 56.3 Å². The van der Waals surface area contributed by atoms with E-state index in [2.05, 4.69) is 9.98 Å². The number of nitrogens with two attached hydrogens (primary N) is 1. The number of rotatable bonds is 4. The summed E-state index contributed by atoms with van der Waals surface area (Å²) in [6, 6.07) is 8.48. The molecule has 0 radical (unpaired) electrons. The molecule has 0 bridgehead atoms. The third kappa shape index (κ3) is 4.59. The van der Waals surface area contributed by atoms with Crippen LogP contribution in [0.5, 0.6) is 0 Å². The van der Waals surface area contributed by atoms with Crippen molar-refractivity contribution in [2.45, 2.75) is 12.6 Å². The molecule has 3 aliphatic rings. The lowest BCUT2D eigenvalue weighted by Crippen LogP contribution is -2.37.